The minimum atomic E-state index is 0.287. The lowest BCUT2D eigenvalue weighted by Gasteiger charge is -2.31. The molecule has 0 spiro atoms. The molecular weight excluding hydrogens is 280 g/mol. The number of hydrogen-bond acceptors (Lipinski definition) is 2. The van der Waals surface area contributed by atoms with Gasteiger partial charge in [-0.2, -0.15) is 0 Å². The van der Waals surface area contributed by atoms with Crippen LogP contribution in [-0.4, -0.2) is 12.0 Å². The van der Waals surface area contributed by atoms with Gasteiger partial charge in [0.2, 0.25) is 0 Å². The molecule has 1 N–H and O–H groups in total. The van der Waals surface area contributed by atoms with Crippen LogP contribution in [0.5, 0.6) is 0 Å². The second-order valence-corrected chi connectivity index (χ2v) is 6.23. The molecule has 0 radical (unpaired) electrons. The Kier molecular flexibility index (Phi) is 4.27. The van der Waals surface area contributed by atoms with Crippen LogP contribution in [0, 0.1) is 6.92 Å². The summed E-state index contributed by atoms with van der Waals surface area (Å²) in [6, 6.07) is 10.9. The number of fused-ring (bicyclic) bond motifs is 1. The Bertz CT molecular complexity index is 639. The Balaban J connectivity index is 1.99. The Hall–Kier alpha value is -1.38. The van der Waals surface area contributed by atoms with Crippen LogP contribution in [0.1, 0.15) is 47.2 Å². The first kappa shape index (κ1) is 14.6. The number of halogens is 1. The third-order valence-corrected chi connectivity index (χ3v) is 4.92. The van der Waals surface area contributed by atoms with Crippen LogP contribution in [0.3, 0.4) is 0 Å². The Labute approximate surface area is 131 Å². The molecule has 3 heteroatoms. The minimum absolute atomic E-state index is 0.287. The standard InChI is InChI=1S/C18H21ClN2/c1-12-11-14(8-9-16(12)19)17(20-2)15-7-3-5-13-6-4-10-21-18(13)15/h4,6,8-11,15,17,20H,3,5,7H2,1-2H3. The molecule has 1 aliphatic rings. The number of aryl methyl sites for hydroxylation is 2. The van der Waals surface area contributed by atoms with E-state index in [4.69, 9.17) is 11.6 Å². The van der Waals surface area contributed by atoms with Crippen molar-refractivity contribution in [2.75, 3.05) is 7.05 Å². The summed E-state index contributed by atoms with van der Waals surface area (Å²) in [6.07, 6.45) is 5.47. The summed E-state index contributed by atoms with van der Waals surface area (Å²) in [5.74, 6) is 0.431. The topological polar surface area (TPSA) is 24.9 Å². The Morgan fingerprint density at radius 2 is 2.19 bits per heavy atom. The molecule has 1 aromatic carbocycles. The molecule has 1 aromatic heterocycles. The number of likely N-dealkylation sites (N-methyl/N-ethyl adjacent to an activating group) is 1. The van der Waals surface area contributed by atoms with Crippen LogP contribution in [-0.2, 0) is 6.42 Å². The van der Waals surface area contributed by atoms with Crippen LogP contribution in [0.15, 0.2) is 36.5 Å². The van der Waals surface area contributed by atoms with E-state index in [9.17, 15) is 0 Å². The molecule has 1 heterocycles. The second kappa shape index (κ2) is 6.17. The van der Waals surface area contributed by atoms with E-state index in [0.717, 1.165) is 17.0 Å². The Morgan fingerprint density at radius 1 is 1.33 bits per heavy atom. The summed E-state index contributed by atoms with van der Waals surface area (Å²) >= 11 is 6.16. The van der Waals surface area contributed by atoms with Crippen molar-refractivity contribution in [1.82, 2.24) is 10.3 Å². The van der Waals surface area contributed by atoms with Crippen LogP contribution in [0.2, 0.25) is 5.02 Å². The van der Waals surface area contributed by atoms with Crippen LogP contribution < -0.4 is 5.32 Å². The van der Waals surface area contributed by atoms with Crippen molar-refractivity contribution in [3.8, 4) is 0 Å². The van der Waals surface area contributed by atoms with Gasteiger partial charge < -0.3 is 5.32 Å². The van der Waals surface area contributed by atoms with E-state index < -0.39 is 0 Å². The average molecular weight is 301 g/mol. The summed E-state index contributed by atoms with van der Waals surface area (Å²) in [4.78, 5) is 4.67. The molecule has 2 nitrogen and oxygen atoms in total. The monoisotopic (exact) mass is 300 g/mol. The van der Waals surface area contributed by atoms with Crippen molar-refractivity contribution in [2.24, 2.45) is 0 Å². The highest BCUT2D eigenvalue weighted by Crippen LogP contribution is 2.39. The summed E-state index contributed by atoms with van der Waals surface area (Å²) in [5, 5.41) is 4.32. The molecule has 0 saturated heterocycles. The van der Waals surface area contributed by atoms with Crippen molar-refractivity contribution >= 4 is 11.6 Å². The highest BCUT2D eigenvalue weighted by Gasteiger charge is 2.29. The van der Waals surface area contributed by atoms with Gasteiger partial charge in [0.05, 0.1) is 0 Å². The van der Waals surface area contributed by atoms with Crippen molar-refractivity contribution in [3.63, 3.8) is 0 Å². The largest absolute Gasteiger partial charge is 0.312 e. The lowest BCUT2D eigenvalue weighted by Crippen LogP contribution is -2.27. The number of nitrogens with one attached hydrogen (secondary N) is 1. The fourth-order valence-electron chi connectivity index (χ4n) is 3.43. The van der Waals surface area contributed by atoms with Gasteiger partial charge in [0.25, 0.3) is 0 Å². The van der Waals surface area contributed by atoms with Gasteiger partial charge in [-0.15, -0.1) is 0 Å². The molecular formula is C18H21ClN2. The van der Waals surface area contributed by atoms with Gasteiger partial charge in [0.15, 0.2) is 0 Å². The quantitative estimate of drug-likeness (QED) is 0.907. The molecule has 2 atom stereocenters. The van der Waals surface area contributed by atoms with E-state index in [-0.39, 0.29) is 6.04 Å². The fraction of sp³-hybridized carbons (Fsp3) is 0.389. The molecule has 2 unspecified atom stereocenters. The lowest BCUT2D eigenvalue weighted by molar-refractivity contribution is 0.415. The van der Waals surface area contributed by atoms with Crippen molar-refractivity contribution in [3.05, 3.63) is 63.9 Å². The number of pyridine rings is 1. The third-order valence-electron chi connectivity index (χ3n) is 4.49. The van der Waals surface area contributed by atoms with E-state index in [0.29, 0.717) is 5.92 Å². The summed E-state index contributed by atoms with van der Waals surface area (Å²) in [5.41, 5.74) is 5.09. The first-order valence-corrected chi connectivity index (χ1v) is 7.95. The maximum atomic E-state index is 6.16. The molecule has 0 amide bonds. The van der Waals surface area contributed by atoms with E-state index >= 15 is 0 Å². The number of benzene rings is 1. The van der Waals surface area contributed by atoms with E-state index in [2.05, 4.69) is 35.4 Å². The van der Waals surface area contributed by atoms with Gasteiger partial charge in [-0.25, -0.2) is 0 Å². The number of aromatic nitrogens is 1. The second-order valence-electron chi connectivity index (χ2n) is 5.82. The maximum absolute atomic E-state index is 6.16. The van der Waals surface area contributed by atoms with Gasteiger partial charge in [-0.3, -0.25) is 4.98 Å². The zero-order valence-corrected chi connectivity index (χ0v) is 13.3. The summed E-state index contributed by atoms with van der Waals surface area (Å²) < 4.78 is 0. The smallest absolute Gasteiger partial charge is 0.0485 e. The number of rotatable bonds is 3. The van der Waals surface area contributed by atoms with Crippen LogP contribution in [0.25, 0.3) is 0 Å². The molecule has 0 bridgehead atoms. The summed E-state index contributed by atoms with van der Waals surface area (Å²) in [6.45, 7) is 2.06. The molecule has 0 saturated carbocycles. The first-order chi connectivity index (χ1) is 10.2. The highest BCUT2D eigenvalue weighted by molar-refractivity contribution is 6.31. The van der Waals surface area contributed by atoms with Crippen LogP contribution >= 0.6 is 11.6 Å². The van der Waals surface area contributed by atoms with E-state index in [1.54, 1.807) is 0 Å². The molecule has 0 aliphatic heterocycles. The molecule has 3 rings (SSSR count). The third kappa shape index (κ3) is 2.83. The minimum Gasteiger partial charge on any atom is -0.312 e. The average Bonchev–Trinajstić information content (AvgIpc) is 2.52. The predicted octanol–water partition coefficient (Wildman–Crippen LogP) is 4.42. The molecule has 1 aliphatic carbocycles. The number of hydrogen-bond donors (Lipinski definition) is 1. The van der Waals surface area contributed by atoms with Crippen molar-refractivity contribution in [2.45, 2.75) is 38.1 Å². The number of nitrogens with zero attached hydrogens (tertiary/aromatic N) is 1. The highest BCUT2D eigenvalue weighted by atomic mass is 35.5. The van der Waals surface area contributed by atoms with Crippen LogP contribution in [0.4, 0.5) is 0 Å². The predicted molar refractivity (Wildman–Crippen MR) is 87.9 cm³/mol. The molecule has 21 heavy (non-hydrogen) atoms. The maximum Gasteiger partial charge on any atom is 0.0485 e. The molecule has 2 aromatic rings. The lowest BCUT2D eigenvalue weighted by atomic mass is 9.79. The summed E-state index contributed by atoms with van der Waals surface area (Å²) in [7, 11) is 2.03. The van der Waals surface area contributed by atoms with Gasteiger partial charge in [-0.05, 0) is 62.1 Å². The van der Waals surface area contributed by atoms with Gasteiger partial charge in [-0.1, -0.05) is 29.8 Å². The zero-order valence-electron chi connectivity index (χ0n) is 12.6. The fourth-order valence-corrected chi connectivity index (χ4v) is 3.55. The molecule has 0 fully saturated rings. The normalized spacial score (nSPS) is 19.1. The van der Waals surface area contributed by atoms with E-state index in [1.165, 1.54) is 29.7 Å². The van der Waals surface area contributed by atoms with Crippen molar-refractivity contribution in [1.29, 1.82) is 0 Å². The zero-order chi connectivity index (χ0) is 14.8. The van der Waals surface area contributed by atoms with Crippen molar-refractivity contribution < 1.29 is 0 Å². The van der Waals surface area contributed by atoms with Gasteiger partial charge in [0, 0.05) is 28.9 Å². The SMILES string of the molecule is CNC(c1ccc(Cl)c(C)c1)C1CCCc2cccnc21. The van der Waals surface area contributed by atoms with Gasteiger partial charge in [0.1, 0.15) is 0 Å². The first-order valence-electron chi connectivity index (χ1n) is 7.58. The van der Waals surface area contributed by atoms with E-state index in [1.807, 2.05) is 25.4 Å². The Morgan fingerprint density at radius 3 is 2.95 bits per heavy atom. The van der Waals surface area contributed by atoms with Gasteiger partial charge >= 0.3 is 0 Å². The molecule has 110 valence electrons.